The van der Waals surface area contributed by atoms with Crippen molar-refractivity contribution in [3.63, 3.8) is 0 Å². The Morgan fingerprint density at radius 2 is 2.00 bits per heavy atom. The number of halogens is 2. The van der Waals surface area contributed by atoms with Crippen molar-refractivity contribution >= 4 is 17.5 Å². The molecular weight excluding hydrogens is 333 g/mol. The lowest BCUT2D eigenvalue weighted by atomic mass is 10.1. The van der Waals surface area contributed by atoms with Gasteiger partial charge in [-0.1, -0.05) is 23.7 Å². The van der Waals surface area contributed by atoms with Crippen LogP contribution >= 0.6 is 11.6 Å². The summed E-state index contributed by atoms with van der Waals surface area (Å²) in [5, 5.41) is 0.325. The summed E-state index contributed by atoms with van der Waals surface area (Å²) in [6.07, 6.45) is 1.81. The van der Waals surface area contributed by atoms with E-state index in [0.717, 1.165) is 12.8 Å². The molecule has 1 heterocycles. The van der Waals surface area contributed by atoms with Gasteiger partial charge in [-0.2, -0.15) is 0 Å². The molecule has 0 atom stereocenters. The zero-order chi connectivity index (χ0) is 16.7. The monoisotopic (exact) mass is 347 g/mol. The molecule has 0 saturated heterocycles. The van der Waals surface area contributed by atoms with Crippen LogP contribution in [0.4, 0.5) is 4.39 Å². The lowest BCUT2D eigenvalue weighted by Crippen LogP contribution is -2.33. The van der Waals surface area contributed by atoms with Crippen LogP contribution in [-0.2, 0) is 6.54 Å². The Hall–Kier alpha value is -2.27. The predicted octanol–water partition coefficient (Wildman–Crippen LogP) is 4.01. The summed E-state index contributed by atoms with van der Waals surface area (Å²) in [5.41, 5.74) is 0.772. The molecule has 2 aromatic rings. The summed E-state index contributed by atoms with van der Waals surface area (Å²) < 4.78 is 24.9. The highest BCUT2D eigenvalue weighted by Gasteiger charge is 2.36. The van der Waals surface area contributed by atoms with Crippen molar-refractivity contribution in [3.05, 3.63) is 58.4 Å². The Morgan fingerprint density at radius 3 is 2.75 bits per heavy atom. The molecule has 0 radical (unpaired) electrons. The van der Waals surface area contributed by atoms with Crippen LogP contribution in [0.1, 0.15) is 28.8 Å². The van der Waals surface area contributed by atoms with Crippen LogP contribution in [0, 0.1) is 5.82 Å². The summed E-state index contributed by atoms with van der Waals surface area (Å²) >= 11 is 6.12. The van der Waals surface area contributed by atoms with Gasteiger partial charge in [0, 0.05) is 16.6 Å². The van der Waals surface area contributed by atoms with Gasteiger partial charge in [0.25, 0.3) is 5.91 Å². The SMILES string of the molecule is O=C(c1cccc2c1OCO2)N(Cc1c(F)cccc1Cl)C1CC1. The molecule has 1 aliphatic carbocycles. The highest BCUT2D eigenvalue weighted by molar-refractivity contribution is 6.31. The van der Waals surface area contributed by atoms with E-state index in [-0.39, 0.29) is 25.3 Å². The molecule has 4 rings (SSSR count). The van der Waals surface area contributed by atoms with Gasteiger partial charge < -0.3 is 14.4 Å². The minimum absolute atomic E-state index is 0.0994. The van der Waals surface area contributed by atoms with Crippen molar-refractivity contribution in [2.75, 3.05) is 6.79 Å². The fourth-order valence-corrected chi connectivity index (χ4v) is 3.08. The highest BCUT2D eigenvalue weighted by atomic mass is 35.5. The number of benzene rings is 2. The molecule has 1 fully saturated rings. The van der Waals surface area contributed by atoms with Gasteiger partial charge in [-0.3, -0.25) is 4.79 Å². The number of amides is 1. The third-order valence-electron chi connectivity index (χ3n) is 4.27. The Kier molecular flexibility index (Phi) is 3.81. The maximum Gasteiger partial charge on any atom is 0.258 e. The van der Waals surface area contributed by atoms with Crippen molar-refractivity contribution in [2.45, 2.75) is 25.4 Å². The molecule has 0 aromatic heterocycles. The van der Waals surface area contributed by atoms with Gasteiger partial charge in [-0.05, 0) is 37.1 Å². The Bertz CT molecular complexity index is 787. The van der Waals surface area contributed by atoms with E-state index in [0.29, 0.717) is 27.6 Å². The number of para-hydroxylation sites is 1. The fourth-order valence-electron chi connectivity index (χ4n) is 2.86. The summed E-state index contributed by atoms with van der Waals surface area (Å²) in [5.74, 6) is 0.409. The average Bonchev–Trinajstić information content (AvgIpc) is 3.29. The molecule has 0 bridgehead atoms. The van der Waals surface area contributed by atoms with E-state index in [9.17, 15) is 9.18 Å². The summed E-state index contributed by atoms with van der Waals surface area (Å²) in [6.45, 7) is 0.238. The lowest BCUT2D eigenvalue weighted by Gasteiger charge is -2.24. The number of nitrogens with zero attached hydrogens (tertiary/aromatic N) is 1. The number of hydrogen-bond donors (Lipinski definition) is 0. The molecule has 1 saturated carbocycles. The van der Waals surface area contributed by atoms with Crippen LogP contribution in [0.5, 0.6) is 11.5 Å². The van der Waals surface area contributed by atoms with E-state index >= 15 is 0 Å². The first-order valence-corrected chi connectivity index (χ1v) is 8.15. The Balaban J connectivity index is 1.67. The lowest BCUT2D eigenvalue weighted by molar-refractivity contribution is 0.0723. The third-order valence-corrected chi connectivity index (χ3v) is 4.62. The molecule has 0 unspecified atom stereocenters. The number of carbonyl (C=O) groups is 1. The minimum atomic E-state index is -0.404. The van der Waals surface area contributed by atoms with Crippen LogP contribution in [0.3, 0.4) is 0 Å². The van der Waals surface area contributed by atoms with Crippen LogP contribution in [0.15, 0.2) is 36.4 Å². The normalized spacial score (nSPS) is 15.4. The van der Waals surface area contributed by atoms with Crippen molar-refractivity contribution < 1.29 is 18.7 Å². The second-order valence-corrected chi connectivity index (χ2v) is 6.31. The van der Waals surface area contributed by atoms with Crippen LogP contribution in [0.25, 0.3) is 0 Å². The Morgan fingerprint density at radius 1 is 1.21 bits per heavy atom. The van der Waals surface area contributed by atoms with Crippen LogP contribution < -0.4 is 9.47 Å². The number of rotatable bonds is 4. The van der Waals surface area contributed by atoms with Crippen molar-refractivity contribution in [1.82, 2.24) is 4.90 Å². The summed E-state index contributed by atoms with van der Waals surface area (Å²) in [7, 11) is 0. The topological polar surface area (TPSA) is 38.8 Å². The zero-order valence-corrected chi connectivity index (χ0v) is 13.6. The molecule has 2 aromatic carbocycles. The number of ether oxygens (including phenoxy) is 2. The van der Waals surface area contributed by atoms with Crippen LogP contribution in [0.2, 0.25) is 5.02 Å². The molecule has 1 amide bonds. The second kappa shape index (κ2) is 5.98. The molecule has 24 heavy (non-hydrogen) atoms. The second-order valence-electron chi connectivity index (χ2n) is 5.90. The van der Waals surface area contributed by atoms with E-state index in [2.05, 4.69) is 0 Å². The maximum atomic E-state index is 14.1. The maximum absolute atomic E-state index is 14.1. The smallest absolute Gasteiger partial charge is 0.258 e. The molecule has 2 aliphatic rings. The molecule has 4 nitrogen and oxygen atoms in total. The predicted molar refractivity (Wildman–Crippen MR) is 86.9 cm³/mol. The molecule has 6 heteroatoms. The molecular formula is C18H15ClFNO3. The van der Waals surface area contributed by atoms with Gasteiger partial charge in [-0.25, -0.2) is 4.39 Å². The Labute approximate surface area is 143 Å². The van der Waals surface area contributed by atoms with Crippen molar-refractivity contribution in [3.8, 4) is 11.5 Å². The first kappa shape index (κ1) is 15.3. The summed E-state index contributed by atoms with van der Waals surface area (Å²) in [6, 6.07) is 9.86. The third kappa shape index (κ3) is 2.69. The van der Waals surface area contributed by atoms with E-state index < -0.39 is 5.82 Å². The standard InChI is InChI=1S/C18H15ClFNO3/c19-14-4-2-5-15(20)13(14)9-21(11-7-8-11)18(22)12-3-1-6-16-17(12)24-10-23-16/h1-6,11H,7-10H2. The molecule has 1 aliphatic heterocycles. The number of hydrogen-bond acceptors (Lipinski definition) is 3. The van der Waals surface area contributed by atoms with E-state index in [1.807, 2.05) is 0 Å². The van der Waals surface area contributed by atoms with Crippen molar-refractivity contribution in [1.29, 1.82) is 0 Å². The highest BCUT2D eigenvalue weighted by Crippen LogP contribution is 2.38. The van der Waals surface area contributed by atoms with Crippen molar-refractivity contribution in [2.24, 2.45) is 0 Å². The molecule has 124 valence electrons. The van der Waals surface area contributed by atoms with Gasteiger partial charge >= 0.3 is 0 Å². The van der Waals surface area contributed by atoms with Gasteiger partial charge in [0.1, 0.15) is 5.82 Å². The number of carbonyl (C=O) groups excluding carboxylic acids is 1. The van der Waals surface area contributed by atoms with E-state index in [1.54, 1.807) is 35.2 Å². The summed E-state index contributed by atoms with van der Waals surface area (Å²) in [4.78, 5) is 14.7. The van der Waals surface area contributed by atoms with Gasteiger partial charge in [0.05, 0.1) is 12.1 Å². The molecule has 0 N–H and O–H groups in total. The van der Waals surface area contributed by atoms with Gasteiger partial charge in [-0.15, -0.1) is 0 Å². The first-order chi connectivity index (χ1) is 11.6. The van der Waals surface area contributed by atoms with E-state index in [1.165, 1.54) is 6.07 Å². The average molecular weight is 348 g/mol. The van der Waals surface area contributed by atoms with E-state index in [4.69, 9.17) is 21.1 Å². The van der Waals surface area contributed by atoms with Gasteiger partial charge in [0.2, 0.25) is 6.79 Å². The minimum Gasteiger partial charge on any atom is -0.454 e. The zero-order valence-electron chi connectivity index (χ0n) is 12.8. The largest absolute Gasteiger partial charge is 0.454 e. The quantitative estimate of drug-likeness (QED) is 0.838. The number of fused-ring (bicyclic) bond motifs is 1. The van der Waals surface area contributed by atoms with Gasteiger partial charge in [0.15, 0.2) is 11.5 Å². The van der Waals surface area contributed by atoms with Crippen LogP contribution in [-0.4, -0.2) is 23.6 Å². The molecule has 0 spiro atoms. The first-order valence-electron chi connectivity index (χ1n) is 7.77. The fraction of sp³-hybridized carbons (Fsp3) is 0.278.